The minimum Gasteiger partial charge on any atom is -0.493 e. The van der Waals surface area contributed by atoms with Gasteiger partial charge in [0.1, 0.15) is 0 Å². The van der Waals surface area contributed by atoms with Crippen molar-refractivity contribution in [2.24, 2.45) is 46.3 Å². The first-order valence-corrected chi connectivity index (χ1v) is 18.2. The monoisotopic (exact) mass is 685 g/mol. The molecule has 0 heterocycles. The molecule has 1 aromatic rings. The van der Waals surface area contributed by atoms with Crippen LogP contribution in [0.2, 0.25) is 0 Å². The number of esters is 2. The lowest BCUT2D eigenvalue weighted by Crippen LogP contribution is -2.58. The Bertz CT molecular complexity index is 1370. The van der Waals surface area contributed by atoms with Crippen molar-refractivity contribution in [2.75, 3.05) is 20.3 Å². The van der Waals surface area contributed by atoms with E-state index in [1.54, 1.807) is 24.3 Å². The van der Waals surface area contributed by atoms with Gasteiger partial charge < -0.3 is 29.3 Å². The number of fused-ring (bicyclic) bond motifs is 5. The highest BCUT2D eigenvalue weighted by atomic mass is 16.9. The van der Waals surface area contributed by atoms with Gasteiger partial charge in [0, 0.05) is 12.5 Å². The van der Waals surface area contributed by atoms with E-state index in [0.717, 1.165) is 57.8 Å². The van der Waals surface area contributed by atoms with E-state index in [4.69, 9.17) is 14.2 Å². The van der Waals surface area contributed by atoms with Gasteiger partial charge in [-0.1, -0.05) is 26.8 Å². The van der Waals surface area contributed by atoms with E-state index in [1.807, 2.05) is 0 Å². The molecule has 5 rings (SSSR count). The maximum Gasteiger partial charge on any atom is 0.330 e. The molecule has 0 saturated heterocycles. The van der Waals surface area contributed by atoms with Gasteiger partial charge in [-0.25, -0.2) is 4.79 Å². The maximum absolute atomic E-state index is 13.0. The average Bonchev–Trinajstić information content (AvgIpc) is 3.42. The van der Waals surface area contributed by atoms with Crippen LogP contribution in [0.5, 0.6) is 11.5 Å². The third kappa shape index (κ3) is 8.25. The lowest BCUT2D eigenvalue weighted by molar-refractivity contribution is -0.757. The van der Waals surface area contributed by atoms with Crippen molar-refractivity contribution in [3.05, 3.63) is 40.0 Å². The van der Waals surface area contributed by atoms with Crippen molar-refractivity contribution < 1.29 is 43.9 Å². The van der Waals surface area contributed by atoms with Crippen LogP contribution in [0.1, 0.15) is 103 Å². The van der Waals surface area contributed by atoms with E-state index in [2.05, 4.69) is 25.6 Å². The molecule has 1 aromatic carbocycles. The highest BCUT2D eigenvalue weighted by Gasteiger charge is 2.62. The number of carbonyl (C=O) groups excluding carboxylic acids is 2. The minimum atomic E-state index is -0.853. The number of rotatable bonds is 14. The molecule has 0 amide bonds. The van der Waals surface area contributed by atoms with Crippen LogP contribution in [0.3, 0.4) is 0 Å². The lowest BCUT2D eigenvalue weighted by Gasteiger charge is -2.62. The smallest absolute Gasteiger partial charge is 0.330 e. The van der Waals surface area contributed by atoms with E-state index in [1.165, 1.54) is 13.2 Å². The molecule has 0 bridgehead atoms. The largest absolute Gasteiger partial charge is 0.493 e. The summed E-state index contributed by atoms with van der Waals surface area (Å²) in [4.78, 5) is 39.4. The summed E-state index contributed by atoms with van der Waals surface area (Å²) >= 11 is 0. The molecule has 0 radical (unpaired) electrons. The fraction of sp³-hybridized carbons (Fsp3) is 0.737. The van der Waals surface area contributed by atoms with Gasteiger partial charge in [-0.15, -0.1) is 10.1 Å². The Balaban J connectivity index is 1.11. The molecular weight excluding hydrogens is 630 g/mol. The summed E-state index contributed by atoms with van der Waals surface area (Å²) in [7, 11) is 1.49. The van der Waals surface area contributed by atoms with Crippen molar-refractivity contribution in [3.63, 3.8) is 0 Å². The second kappa shape index (κ2) is 15.8. The molecule has 4 saturated carbocycles. The Kier molecular flexibility index (Phi) is 12.0. The zero-order valence-corrected chi connectivity index (χ0v) is 29.5. The van der Waals surface area contributed by atoms with Crippen molar-refractivity contribution in [3.8, 4) is 11.5 Å². The third-order valence-electron chi connectivity index (χ3n) is 13.0. The maximum atomic E-state index is 13.0. The number of unbranched alkanes of at least 4 members (excludes halogenated alkanes) is 1. The molecule has 4 aliphatic carbocycles. The molecule has 11 heteroatoms. The first-order chi connectivity index (χ1) is 23.4. The first kappa shape index (κ1) is 37.1. The number of nitrogens with zero attached hydrogens (tertiary/aromatic N) is 1. The summed E-state index contributed by atoms with van der Waals surface area (Å²) in [6.07, 6.45) is 12.3. The Labute approximate surface area is 289 Å². The van der Waals surface area contributed by atoms with Crippen LogP contribution in [-0.2, 0) is 19.2 Å². The van der Waals surface area contributed by atoms with Crippen molar-refractivity contribution in [1.29, 1.82) is 0 Å². The summed E-state index contributed by atoms with van der Waals surface area (Å²) in [6.45, 7) is 7.24. The molecule has 0 spiro atoms. The van der Waals surface area contributed by atoms with Gasteiger partial charge in [0.25, 0.3) is 5.09 Å². The third-order valence-corrected chi connectivity index (χ3v) is 13.0. The summed E-state index contributed by atoms with van der Waals surface area (Å²) in [5.41, 5.74) is 1.02. The standard InChI is InChI=1S/C38H55NO10/c1-24(28-10-11-29-36-30(16-18-38(28,29)3)37(2)17-15-27(40)22-26(37)23-31(36)41)7-13-35(43)49-32-12-8-25(21-33(32)46-4)9-14-34(42)47-19-5-6-20-48-39(44)45/h8-9,12,14,21,24,26-31,36,40-41H,5-7,10-11,13,15-20,22-23H2,1-4H3/b14-9+. The SMILES string of the molecule is COc1cc(/C=C/C(=O)OCCCCO[N+](=O)[O-])ccc1OC(=O)CCC(C)C1CCC2C3C(O)CC4CC(O)CCC4(C)C3CCC12C. The summed E-state index contributed by atoms with van der Waals surface area (Å²) < 4.78 is 16.3. The van der Waals surface area contributed by atoms with E-state index in [-0.39, 0.29) is 42.2 Å². The Morgan fingerprint density at radius 3 is 2.51 bits per heavy atom. The van der Waals surface area contributed by atoms with Gasteiger partial charge in [-0.2, -0.15) is 0 Å². The second-order valence-corrected chi connectivity index (χ2v) is 15.6. The quantitative estimate of drug-likeness (QED) is 0.0550. The van der Waals surface area contributed by atoms with Crippen molar-refractivity contribution >= 4 is 18.0 Å². The molecule has 10 unspecified atom stereocenters. The summed E-state index contributed by atoms with van der Waals surface area (Å²) in [5.74, 6) is 2.41. The molecular formula is C38H55NO10. The number of aliphatic hydroxyl groups excluding tert-OH is 2. The molecule has 49 heavy (non-hydrogen) atoms. The fourth-order valence-corrected chi connectivity index (χ4v) is 10.5. The Hall–Kier alpha value is -3.18. The van der Waals surface area contributed by atoms with Gasteiger partial charge in [0.2, 0.25) is 0 Å². The number of methoxy groups -OCH3 is 1. The van der Waals surface area contributed by atoms with Gasteiger partial charge in [-0.05, 0) is 141 Å². The van der Waals surface area contributed by atoms with Crippen LogP contribution in [0, 0.1) is 56.5 Å². The predicted octanol–water partition coefficient (Wildman–Crippen LogP) is 6.55. The van der Waals surface area contributed by atoms with Crippen LogP contribution in [0.15, 0.2) is 24.3 Å². The number of hydrogen-bond acceptors (Lipinski definition) is 10. The highest BCUT2D eigenvalue weighted by molar-refractivity contribution is 5.87. The number of benzene rings is 1. The molecule has 4 fully saturated rings. The van der Waals surface area contributed by atoms with E-state index in [9.17, 15) is 29.9 Å². The van der Waals surface area contributed by atoms with Crippen LogP contribution in [0.25, 0.3) is 6.08 Å². The van der Waals surface area contributed by atoms with E-state index < -0.39 is 11.1 Å². The Morgan fingerprint density at radius 2 is 1.76 bits per heavy atom. The first-order valence-electron chi connectivity index (χ1n) is 18.2. The molecule has 10 atom stereocenters. The number of ether oxygens (including phenoxy) is 3. The van der Waals surface area contributed by atoms with Crippen LogP contribution in [0.4, 0.5) is 0 Å². The van der Waals surface area contributed by atoms with Crippen LogP contribution in [-0.4, -0.2) is 59.8 Å². The zero-order valence-electron chi connectivity index (χ0n) is 29.5. The normalized spacial score (nSPS) is 34.3. The average molecular weight is 686 g/mol. The van der Waals surface area contributed by atoms with Crippen molar-refractivity contribution in [1.82, 2.24) is 0 Å². The fourth-order valence-electron chi connectivity index (χ4n) is 10.5. The lowest BCUT2D eigenvalue weighted by atomic mass is 9.43. The van der Waals surface area contributed by atoms with Gasteiger partial charge in [0.05, 0.1) is 32.5 Å². The van der Waals surface area contributed by atoms with E-state index >= 15 is 0 Å². The molecule has 272 valence electrons. The van der Waals surface area contributed by atoms with Gasteiger partial charge in [-0.3, -0.25) is 4.79 Å². The zero-order chi connectivity index (χ0) is 35.3. The second-order valence-electron chi connectivity index (χ2n) is 15.6. The number of hydrogen-bond donors (Lipinski definition) is 2. The predicted molar refractivity (Wildman–Crippen MR) is 182 cm³/mol. The molecule has 0 aliphatic heterocycles. The number of carbonyl (C=O) groups is 2. The number of aliphatic hydroxyl groups is 2. The molecule has 2 N–H and O–H groups in total. The topological polar surface area (TPSA) is 155 Å². The van der Waals surface area contributed by atoms with E-state index in [0.29, 0.717) is 71.8 Å². The minimum absolute atomic E-state index is 0.0447. The van der Waals surface area contributed by atoms with Gasteiger partial charge in [0.15, 0.2) is 11.5 Å². The highest BCUT2D eigenvalue weighted by Crippen LogP contribution is 2.68. The van der Waals surface area contributed by atoms with Crippen LogP contribution < -0.4 is 9.47 Å². The van der Waals surface area contributed by atoms with Gasteiger partial charge >= 0.3 is 11.9 Å². The summed E-state index contributed by atoms with van der Waals surface area (Å²) in [6, 6.07) is 5.05. The molecule has 11 nitrogen and oxygen atoms in total. The molecule has 0 aromatic heterocycles. The Morgan fingerprint density at radius 1 is 1.02 bits per heavy atom. The summed E-state index contributed by atoms with van der Waals surface area (Å²) in [5, 5.41) is 31.2. The van der Waals surface area contributed by atoms with Crippen LogP contribution >= 0.6 is 0 Å². The van der Waals surface area contributed by atoms with Crippen molar-refractivity contribution in [2.45, 2.75) is 110 Å². The molecule has 4 aliphatic rings.